The van der Waals surface area contributed by atoms with Gasteiger partial charge in [-0.15, -0.1) is 0 Å². The van der Waals surface area contributed by atoms with Gasteiger partial charge in [-0.05, 0) is 6.92 Å². The molecule has 0 aromatic carbocycles. The number of amides is 1. The summed E-state index contributed by atoms with van der Waals surface area (Å²) in [6.07, 6.45) is 1.60. The maximum atomic E-state index is 12.2. The number of ether oxygens (including phenoxy) is 1. The van der Waals surface area contributed by atoms with E-state index in [2.05, 4.69) is 15.3 Å². The van der Waals surface area contributed by atoms with E-state index in [1.807, 2.05) is 13.8 Å². The maximum Gasteiger partial charge on any atom is 0.271 e. The van der Waals surface area contributed by atoms with Crippen molar-refractivity contribution < 1.29 is 14.6 Å². The van der Waals surface area contributed by atoms with Crippen LogP contribution in [0.4, 0.5) is 0 Å². The third-order valence-electron chi connectivity index (χ3n) is 3.71. The molecule has 2 rings (SSSR count). The smallest absolute Gasteiger partial charge is 0.271 e. The molecule has 2 unspecified atom stereocenters. The number of carbonyl (C=O) groups is 1. The van der Waals surface area contributed by atoms with Gasteiger partial charge in [0.2, 0.25) is 0 Å². The van der Waals surface area contributed by atoms with Crippen molar-refractivity contribution in [3.63, 3.8) is 0 Å². The van der Waals surface area contributed by atoms with Crippen molar-refractivity contribution in [1.82, 2.24) is 15.3 Å². The second-order valence-corrected chi connectivity index (χ2v) is 6.04. The molecule has 7 heteroatoms. The molecule has 2 N–H and O–H groups in total. The summed E-state index contributed by atoms with van der Waals surface area (Å²) in [5, 5.41) is 13.2. The highest BCUT2D eigenvalue weighted by Crippen LogP contribution is 2.25. The van der Waals surface area contributed by atoms with Crippen LogP contribution in [0.2, 0.25) is 5.02 Å². The Balaban J connectivity index is 2.08. The minimum atomic E-state index is -1.05. The van der Waals surface area contributed by atoms with Gasteiger partial charge in [-0.3, -0.25) is 4.79 Å². The SMILES string of the molecule is CC(C)c1ncc(Cl)c(C(=O)NCC2(O)CCOC2C)n1. The summed E-state index contributed by atoms with van der Waals surface area (Å²) in [5.41, 5.74) is -0.915. The Hall–Kier alpha value is -1.24. The van der Waals surface area contributed by atoms with Gasteiger partial charge in [0.25, 0.3) is 5.91 Å². The molecule has 0 bridgehead atoms. The predicted octanol–water partition coefficient (Wildman–Crippen LogP) is 1.52. The number of hydrogen-bond acceptors (Lipinski definition) is 5. The van der Waals surface area contributed by atoms with E-state index in [1.54, 1.807) is 6.92 Å². The second kappa shape index (κ2) is 6.25. The van der Waals surface area contributed by atoms with E-state index in [0.717, 1.165) is 0 Å². The number of aliphatic hydroxyl groups is 1. The summed E-state index contributed by atoms with van der Waals surface area (Å²) in [7, 11) is 0. The third kappa shape index (κ3) is 3.51. The summed E-state index contributed by atoms with van der Waals surface area (Å²) in [4.78, 5) is 20.5. The molecule has 2 heterocycles. The van der Waals surface area contributed by atoms with E-state index in [1.165, 1.54) is 6.20 Å². The topological polar surface area (TPSA) is 84.3 Å². The van der Waals surface area contributed by atoms with Gasteiger partial charge in [-0.25, -0.2) is 9.97 Å². The molecule has 1 amide bonds. The van der Waals surface area contributed by atoms with Crippen LogP contribution >= 0.6 is 11.6 Å². The Labute approximate surface area is 128 Å². The van der Waals surface area contributed by atoms with E-state index >= 15 is 0 Å². The Morgan fingerprint density at radius 3 is 2.95 bits per heavy atom. The molecule has 1 saturated heterocycles. The standard InChI is InChI=1S/C14H20ClN3O3/c1-8(2)12-16-6-10(15)11(18-12)13(19)17-7-14(20)4-5-21-9(14)3/h6,8-9,20H,4-5,7H2,1-3H3,(H,17,19). The van der Waals surface area contributed by atoms with Crippen molar-refractivity contribution in [2.45, 2.75) is 44.8 Å². The second-order valence-electron chi connectivity index (χ2n) is 5.63. The highest BCUT2D eigenvalue weighted by molar-refractivity contribution is 6.33. The van der Waals surface area contributed by atoms with Gasteiger partial charge in [-0.1, -0.05) is 25.4 Å². The van der Waals surface area contributed by atoms with Crippen LogP contribution in [-0.2, 0) is 4.74 Å². The van der Waals surface area contributed by atoms with Gasteiger partial charge in [0.05, 0.1) is 17.3 Å². The molecule has 2 atom stereocenters. The lowest BCUT2D eigenvalue weighted by molar-refractivity contribution is -0.0252. The summed E-state index contributed by atoms with van der Waals surface area (Å²) >= 11 is 5.98. The highest BCUT2D eigenvalue weighted by atomic mass is 35.5. The predicted molar refractivity (Wildman–Crippen MR) is 78.4 cm³/mol. The molecule has 1 fully saturated rings. The fourth-order valence-electron chi connectivity index (χ4n) is 2.14. The number of nitrogens with one attached hydrogen (secondary N) is 1. The summed E-state index contributed by atoms with van der Waals surface area (Å²) in [5.74, 6) is 0.235. The molecule has 0 radical (unpaired) electrons. The van der Waals surface area contributed by atoms with Crippen LogP contribution in [0.25, 0.3) is 0 Å². The molecule has 1 aliphatic heterocycles. The van der Waals surface area contributed by atoms with Crippen LogP contribution in [0.1, 0.15) is 49.4 Å². The molecule has 0 spiro atoms. The number of hydrogen-bond donors (Lipinski definition) is 2. The first-order valence-electron chi connectivity index (χ1n) is 6.98. The number of halogens is 1. The van der Waals surface area contributed by atoms with Crippen molar-refractivity contribution in [3.8, 4) is 0 Å². The van der Waals surface area contributed by atoms with Gasteiger partial charge >= 0.3 is 0 Å². The Morgan fingerprint density at radius 1 is 1.67 bits per heavy atom. The van der Waals surface area contributed by atoms with E-state index in [9.17, 15) is 9.90 Å². The molecule has 6 nitrogen and oxygen atoms in total. The largest absolute Gasteiger partial charge is 0.385 e. The lowest BCUT2D eigenvalue weighted by Gasteiger charge is -2.26. The molecule has 1 aromatic heterocycles. The number of nitrogens with zero attached hydrogens (tertiary/aromatic N) is 2. The quantitative estimate of drug-likeness (QED) is 0.880. The molecular weight excluding hydrogens is 294 g/mol. The summed E-state index contributed by atoms with van der Waals surface area (Å²) in [6.45, 7) is 6.24. The number of aromatic nitrogens is 2. The van der Waals surface area contributed by atoms with Crippen LogP contribution in [0.5, 0.6) is 0 Å². The summed E-state index contributed by atoms with van der Waals surface area (Å²) < 4.78 is 5.33. The highest BCUT2D eigenvalue weighted by Gasteiger charge is 2.39. The Kier molecular flexibility index (Phi) is 4.81. The lowest BCUT2D eigenvalue weighted by Crippen LogP contribution is -2.47. The van der Waals surface area contributed by atoms with E-state index in [4.69, 9.17) is 16.3 Å². The number of carbonyl (C=O) groups excluding carboxylic acids is 1. The van der Waals surface area contributed by atoms with E-state index in [0.29, 0.717) is 18.9 Å². The van der Waals surface area contributed by atoms with Gasteiger partial charge in [0.1, 0.15) is 17.1 Å². The molecule has 0 aliphatic carbocycles. The van der Waals surface area contributed by atoms with E-state index < -0.39 is 11.5 Å². The van der Waals surface area contributed by atoms with Gasteiger partial charge < -0.3 is 15.2 Å². The fraction of sp³-hybridized carbons (Fsp3) is 0.643. The minimum Gasteiger partial charge on any atom is -0.385 e. The normalized spacial score (nSPS) is 25.3. The van der Waals surface area contributed by atoms with Crippen molar-refractivity contribution in [3.05, 3.63) is 22.7 Å². The van der Waals surface area contributed by atoms with Crippen LogP contribution in [0.15, 0.2) is 6.20 Å². The average molecular weight is 314 g/mol. The summed E-state index contributed by atoms with van der Waals surface area (Å²) in [6, 6.07) is 0. The first kappa shape index (κ1) is 16.1. The Bertz CT molecular complexity index is 538. The molecule has 0 saturated carbocycles. The van der Waals surface area contributed by atoms with Gasteiger partial charge in [-0.2, -0.15) is 0 Å². The van der Waals surface area contributed by atoms with Crippen molar-refractivity contribution >= 4 is 17.5 Å². The van der Waals surface area contributed by atoms with Crippen molar-refractivity contribution in [2.75, 3.05) is 13.2 Å². The average Bonchev–Trinajstić information content (AvgIpc) is 2.77. The van der Waals surface area contributed by atoms with E-state index in [-0.39, 0.29) is 29.3 Å². The lowest BCUT2D eigenvalue weighted by atomic mass is 9.97. The van der Waals surface area contributed by atoms with Crippen LogP contribution in [-0.4, -0.2) is 45.8 Å². The third-order valence-corrected chi connectivity index (χ3v) is 3.99. The molecular formula is C14H20ClN3O3. The zero-order chi connectivity index (χ0) is 15.6. The van der Waals surface area contributed by atoms with Gasteiger partial charge in [0.15, 0.2) is 0 Å². The fourth-order valence-corrected chi connectivity index (χ4v) is 2.32. The van der Waals surface area contributed by atoms with Crippen LogP contribution < -0.4 is 5.32 Å². The van der Waals surface area contributed by atoms with Crippen molar-refractivity contribution in [1.29, 1.82) is 0 Å². The van der Waals surface area contributed by atoms with Crippen LogP contribution in [0.3, 0.4) is 0 Å². The molecule has 1 aromatic rings. The maximum absolute atomic E-state index is 12.2. The monoisotopic (exact) mass is 313 g/mol. The molecule has 116 valence electrons. The van der Waals surface area contributed by atoms with Gasteiger partial charge in [0, 0.05) is 25.5 Å². The molecule has 21 heavy (non-hydrogen) atoms. The zero-order valence-corrected chi connectivity index (χ0v) is 13.1. The zero-order valence-electron chi connectivity index (χ0n) is 12.4. The first-order chi connectivity index (χ1) is 9.83. The minimum absolute atomic E-state index is 0.0984. The first-order valence-corrected chi connectivity index (χ1v) is 7.36. The Morgan fingerprint density at radius 2 is 2.38 bits per heavy atom. The van der Waals surface area contributed by atoms with Crippen molar-refractivity contribution in [2.24, 2.45) is 0 Å². The molecule has 1 aliphatic rings. The van der Waals surface area contributed by atoms with Crippen LogP contribution in [0, 0.1) is 0 Å². The number of rotatable bonds is 4.